The monoisotopic (exact) mass is 330 g/mol. The number of ether oxygens (including phenoxy) is 1. The fourth-order valence-electron chi connectivity index (χ4n) is 3.99. The van der Waals surface area contributed by atoms with E-state index >= 15 is 0 Å². The minimum Gasteiger partial charge on any atom is -0.381 e. The average Bonchev–Trinajstić information content (AvgIpc) is 3.16. The molecule has 1 aromatic rings. The van der Waals surface area contributed by atoms with E-state index < -0.39 is 0 Å². The average molecular weight is 330 g/mol. The van der Waals surface area contributed by atoms with Crippen LogP contribution in [0.3, 0.4) is 0 Å². The van der Waals surface area contributed by atoms with Crippen molar-refractivity contribution in [1.82, 2.24) is 9.80 Å². The number of benzene rings is 1. The normalized spacial score (nSPS) is 28.2. The van der Waals surface area contributed by atoms with E-state index in [2.05, 4.69) is 54.0 Å². The first-order valence-electron chi connectivity index (χ1n) is 9.39. The van der Waals surface area contributed by atoms with Gasteiger partial charge in [0.15, 0.2) is 0 Å². The van der Waals surface area contributed by atoms with Gasteiger partial charge in [-0.05, 0) is 24.8 Å². The zero-order chi connectivity index (χ0) is 16.9. The summed E-state index contributed by atoms with van der Waals surface area (Å²) >= 11 is 0. The number of nitrogens with zero attached hydrogens (tertiary/aromatic N) is 2. The van der Waals surface area contributed by atoms with Crippen molar-refractivity contribution in [3.8, 4) is 0 Å². The Hall–Kier alpha value is -1.39. The third-order valence-corrected chi connectivity index (χ3v) is 5.54. The van der Waals surface area contributed by atoms with Crippen LogP contribution >= 0.6 is 0 Å². The molecule has 2 heterocycles. The van der Waals surface area contributed by atoms with Gasteiger partial charge in [0, 0.05) is 38.3 Å². The summed E-state index contributed by atoms with van der Waals surface area (Å²) in [6.07, 6.45) is 2.98. The molecule has 0 N–H and O–H groups in total. The number of piperazine rings is 1. The van der Waals surface area contributed by atoms with Crippen LogP contribution in [0.4, 0.5) is 0 Å². The number of hydrogen-bond donors (Lipinski definition) is 0. The summed E-state index contributed by atoms with van der Waals surface area (Å²) < 4.78 is 5.43. The van der Waals surface area contributed by atoms with E-state index in [1.54, 1.807) is 0 Å². The molecule has 0 saturated carbocycles. The molecular weight excluding hydrogens is 300 g/mol. The van der Waals surface area contributed by atoms with Crippen LogP contribution in [-0.4, -0.2) is 54.1 Å². The van der Waals surface area contributed by atoms with Crippen molar-refractivity contribution in [3.63, 3.8) is 0 Å². The lowest BCUT2D eigenvalue weighted by Gasteiger charge is -2.47. The lowest BCUT2D eigenvalue weighted by atomic mass is 9.98. The van der Waals surface area contributed by atoms with Gasteiger partial charge in [0.05, 0.1) is 12.5 Å². The minimum absolute atomic E-state index is 0.0808. The van der Waals surface area contributed by atoms with Crippen LogP contribution in [0.2, 0.25) is 0 Å². The second kappa shape index (κ2) is 8.13. The van der Waals surface area contributed by atoms with Crippen molar-refractivity contribution in [1.29, 1.82) is 0 Å². The molecule has 0 aromatic heterocycles. The topological polar surface area (TPSA) is 32.8 Å². The first-order chi connectivity index (χ1) is 11.7. The van der Waals surface area contributed by atoms with E-state index in [1.807, 2.05) is 0 Å². The summed E-state index contributed by atoms with van der Waals surface area (Å²) in [4.78, 5) is 17.7. The fourth-order valence-corrected chi connectivity index (χ4v) is 3.99. The number of carbonyl (C=O) groups excluding carboxylic acids is 1. The SMILES string of the molecule is CC[C@@H]1CN(C(=O)[C@H]2CCOC2)[C@@H](CC)CN1Cc1ccccc1. The molecule has 3 rings (SSSR count). The van der Waals surface area contributed by atoms with Crippen LogP contribution < -0.4 is 0 Å². The highest BCUT2D eigenvalue weighted by Gasteiger charge is 2.38. The Morgan fingerprint density at radius 1 is 1.12 bits per heavy atom. The highest BCUT2D eigenvalue weighted by molar-refractivity contribution is 5.79. The molecule has 24 heavy (non-hydrogen) atoms. The molecule has 3 atom stereocenters. The Balaban J connectivity index is 1.70. The summed E-state index contributed by atoms with van der Waals surface area (Å²) in [6, 6.07) is 11.4. The molecule has 1 aromatic carbocycles. The van der Waals surface area contributed by atoms with Crippen LogP contribution in [0.15, 0.2) is 30.3 Å². The van der Waals surface area contributed by atoms with E-state index in [9.17, 15) is 4.79 Å². The summed E-state index contributed by atoms with van der Waals surface area (Å²) in [5.41, 5.74) is 1.36. The van der Waals surface area contributed by atoms with E-state index in [-0.39, 0.29) is 5.92 Å². The smallest absolute Gasteiger partial charge is 0.228 e. The molecule has 0 spiro atoms. The zero-order valence-corrected chi connectivity index (χ0v) is 15.0. The van der Waals surface area contributed by atoms with Gasteiger partial charge in [0.2, 0.25) is 5.91 Å². The van der Waals surface area contributed by atoms with Crippen molar-refractivity contribution < 1.29 is 9.53 Å². The fraction of sp³-hybridized carbons (Fsp3) is 0.650. The quantitative estimate of drug-likeness (QED) is 0.832. The predicted molar refractivity (Wildman–Crippen MR) is 95.6 cm³/mol. The van der Waals surface area contributed by atoms with Gasteiger partial charge in [-0.25, -0.2) is 0 Å². The van der Waals surface area contributed by atoms with Crippen LogP contribution in [0, 0.1) is 5.92 Å². The van der Waals surface area contributed by atoms with Crippen molar-refractivity contribution in [2.24, 2.45) is 5.92 Å². The molecule has 0 bridgehead atoms. The van der Waals surface area contributed by atoms with Gasteiger partial charge in [-0.15, -0.1) is 0 Å². The molecule has 2 fully saturated rings. The van der Waals surface area contributed by atoms with Gasteiger partial charge >= 0.3 is 0 Å². The standard InChI is InChI=1S/C20H30N2O2/c1-3-18-14-22(20(23)17-10-11-24-15-17)19(4-2)13-21(18)12-16-8-6-5-7-9-16/h5-9,17-19H,3-4,10-15H2,1-2H3/t17-,18+,19-/m0/s1. The summed E-state index contributed by atoms with van der Waals surface area (Å²) in [7, 11) is 0. The van der Waals surface area contributed by atoms with E-state index in [1.165, 1.54) is 5.56 Å². The van der Waals surface area contributed by atoms with E-state index in [0.717, 1.165) is 45.5 Å². The van der Waals surface area contributed by atoms with Crippen LogP contribution in [0.5, 0.6) is 0 Å². The van der Waals surface area contributed by atoms with Gasteiger partial charge < -0.3 is 9.64 Å². The third kappa shape index (κ3) is 3.81. The molecule has 0 unspecified atom stereocenters. The predicted octanol–water partition coefficient (Wildman–Crippen LogP) is 2.92. The lowest BCUT2D eigenvalue weighted by Crippen LogP contribution is -2.60. The van der Waals surface area contributed by atoms with Gasteiger partial charge in [0.25, 0.3) is 0 Å². The van der Waals surface area contributed by atoms with Gasteiger partial charge in [0.1, 0.15) is 0 Å². The van der Waals surface area contributed by atoms with Crippen molar-refractivity contribution in [2.45, 2.75) is 51.7 Å². The molecule has 1 amide bonds. The first kappa shape index (κ1) is 17.4. The van der Waals surface area contributed by atoms with Crippen LogP contribution in [0.25, 0.3) is 0 Å². The molecule has 2 saturated heterocycles. The van der Waals surface area contributed by atoms with E-state index in [0.29, 0.717) is 24.6 Å². The molecule has 2 aliphatic rings. The highest BCUT2D eigenvalue weighted by Crippen LogP contribution is 2.25. The Morgan fingerprint density at radius 2 is 1.88 bits per heavy atom. The van der Waals surface area contributed by atoms with Crippen molar-refractivity contribution in [2.75, 3.05) is 26.3 Å². The Kier molecular flexibility index (Phi) is 5.90. The van der Waals surface area contributed by atoms with Crippen molar-refractivity contribution >= 4 is 5.91 Å². The molecule has 4 nitrogen and oxygen atoms in total. The second-order valence-corrected chi connectivity index (χ2v) is 7.09. The zero-order valence-electron chi connectivity index (χ0n) is 15.0. The largest absolute Gasteiger partial charge is 0.381 e. The summed E-state index contributed by atoms with van der Waals surface area (Å²) in [5.74, 6) is 0.398. The molecule has 2 aliphatic heterocycles. The summed E-state index contributed by atoms with van der Waals surface area (Å²) in [6.45, 7) is 8.58. The van der Waals surface area contributed by atoms with E-state index in [4.69, 9.17) is 4.74 Å². The first-order valence-corrected chi connectivity index (χ1v) is 9.39. The Morgan fingerprint density at radius 3 is 2.50 bits per heavy atom. The lowest BCUT2D eigenvalue weighted by molar-refractivity contribution is -0.142. The maximum atomic E-state index is 12.9. The maximum Gasteiger partial charge on any atom is 0.228 e. The Bertz CT molecular complexity index is 528. The van der Waals surface area contributed by atoms with Crippen LogP contribution in [0.1, 0.15) is 38.7 Å². The van der Waals surface area contributed by atoms with Gasteiger partial charge in [-0.1, -0.05) is 44.2 Å². The molecule has 4 heteroatoms. The number of amides is 1. The maximum absolute atomic E-state index is 12.9. The molecular formula is C20H30N2O2. The highest BCUT2D eigenvalue weighted by atomic mass is 16.5. The Labute approximate surface area is 145 Å². The molecule has 0 aliphatic carbocycles. The number of carbonyl (C=O) groups is 1. The van der Waals surface area contributed by atoms with Gasteiger partial charge in [-0.2, -0.15) is 0 Å². The molecule has 0 radical (unpaired) electrons. The van der Waals surface area contributed by atoms with Gasteiger partial charge in [-0.3, -0.25) is 9.69 Å². The van der Waals surface area contributed by atoms with Crippen molar-refractivity contribution in [3.05, 3.63) is 35.9 Å². The summed E-state index contributed by atoms with van der Waals surface area (Å²) in [5, 5.41) is 0. The second-order valence-electron chi connectivity index (χ2n) is 7.09. The van der Waals surface area contributed by atoms with Crippen LogP contribution in [-0.2, 0) is 16.1 Å². The third-order valence-electron chi connectivity index (χ3n) is 5.54. The molecule has 132 valence electrons. The minimum atomic E-state index is 0.0808. The number of hydrogen-bond acceptors (Lipinski definition) is 3. The number of rotatable bonds is 5.